The fourth-order valence-electron chi connectivity index (χ4n) is 3.24. The van der Waals surface area contributed by atoms with Crippen molar-refractivity contribution in [2.75, 3.05) is 33.1 Å². The number of piperidine rings is 1. The number of rotatable bonds is 7. The lowest BCUT2D eigenvalue weighted by molar-refractivity contribution is -0.146. The molecule has 1 saturated heterocycles. The number of benzene rings is 1. The third kappa shape index (κ3) is 5.12. The summed E-state index contributed by atoms with van der Waals surface area (Å²) in [6.07, 6.45) is 0.318. The number of carbonyl (C=O) groups is 2. The molecule has 0 aliphatic carbocycles. The van der Waals surface area contributed by atoms with Crippen molar-refractivity contribution >= 4 is 21.7 Å². The standard InChI is InChI=1S/C18H25NO7S/c1-12-8-13(18(21)22)11-19(10-12)17(20)6-7-27(23,24)14-4-5-15(25-2)16(9-14)26-3/h4-5,9,12-13H,6-8,10-11H2,1-3H3,(H,21,22). The van der Waals surface area contributed by atoms with E-state index in [-0.39, 0.29) is 35.4 Å². The van der Waals surface area contributed by atoms with E-state index in [1.807, 2.05) is 6.92 Å². The zero-order valence-corrected chi connectivity index (χ0v) is 16.5. The van der Waals surface area contributed by atoms with Gasteiger partial charge in [-0.15, -0.1) is 0 Å². The summed E-state index contributed by atoms with van der Waals surface area (Å²) >= 11 is 0. The van der Waals surface area contributed by atoms with E-state index >= 15 is 0 Å². The Balaban J connectivity index is 2.06. The summed E-state index contributed by atoms with van der Waals surface area (Å²) in [6.45, 7) is 2.45. The SMILES string of the molecule is COc1ccc(S(=O)(=O)CCC(=O)N2CC(C)CC(C(=O)O)C2)cc1OC. The maximum atomic E-state index is 12.6. The van der Waals surface area contributed by atoms with Crippen molar-refractivity contribution in [2.45, 2.75) is 24.7 Å². The van der Waals surface area contributed by atoms with Gasteiger partial charge in [0.05, 0.1) is 30.8 Å². The van der Waals surface area contributed by atoms with Crippen LogP contribution in [0.4, 0.5) is 0 Å². The number of methoxy groups -OCH3 is 2. The third-order valence-electron chi connectivity index (χ3n) is 4.66. The van der Waals surface area contributed by atoms with E-state index in [4.69, 9.17) is 9.47 Å². The lowest BCUT2D eigenvalue weighted by Gasteiger charge is -2.34. The van der Waals surface area contributed by atoms with Crippen molar-refractivity contribution < 1.29 is 32.6 Å². The number of ether oxygens (including phenoxy) is 2. The highest BCUT2D eigenvalue weighted by Gasteiger charge is 2.32. The van der Waals surface area contributed by atoms with Crippen LogP contribution in [0.3, 0.4) is 0 Å². The number of carbonyl (C=O) groups excluding carboxylic acids is 1. The van der Waals surface area contributed by atoms with E-state index < -0.39 is 21.7 Å². The van der Waals surface area contributed by atoms with Gasteiger partial charge in [0.1, 0.15) is 0 Å². The fraction of sp³-hybridized carbons (Fsp3) is 0.556. The van der Waals surface area contributed by atoms with Crippen LogP contribution in [0.15, 0.2) is 23.1 Å². The van der Waals surface area contributed by atoms with E-state index in [9.17, 15) is 23.1 Å². The molecule has 1 aliphatic heterocycles. The molecule has 2 rings (SSSR count). The van der Waals surface area contributed by atoms with Gasteiger partial charge in [0.2, 0.25) is 5.91 Å². The van der Waals surface area contributed by atoms with Crippen LogP contribution in [0.25, 0.3) is 0 Å². The Morgan fingerprint density at radius 3 is 2.44 bits per heavy atom. The van der Waals surface area contributed by atoms with Gasteiger partial charge in [-0.1, -0.05) is 6.92 Å². The van der Waals surface area contributed by atoms with E-state index in [1.165, 1.54) is 37.3 Å². The van der Waals surface area contributed by atoms with Crippen molar-refractivity contribution in [3.63, 3.8) is 0 Å². The molecule has 0 radical (unpaired) electrons. The highest BCUT2D eigenvalue weighted by molar-refractivity contribution is 7.91. The molecule has 0 spiro atoms. The Kier molecular flexibility index (Phi) is 6.69. The van der Waals surface area contributed by atoms with Crippen LogP contribution in [0.2, 0.25) is 0 Å². The second-order valence-corrected chi connectivity index (χ2v) is 8.87. The maximum absolute atomic E-state index is 12.6. The molecule has 0 aromatic heterocycles. The third-order valence-corrected chi connectivity index (χ3v) is 6.37. The molecule has 2 unspecified atom stereocenters. The number of carboxylic acids is 1. The van der Waals surface area contributed by atoms with Gasteiger partial charge in [0, 0.05) is 25.6 Å². The molecule has 9 heteroatoms. The first-order valence-electron chi connectivity index (χ1n) is 8.63. The van der Waals surface area contributed by atoms with Crippen molar-refractivity contribution in [2.24, 2.45) is 11.8 Å². The van der Waals surface area contributed by atoms with Gasteiger partial charge >= 0.3 is 5.97 Å². The van der Waals surface area contributed by atoms with Crippen LogP contribution < -0.4 is 9.47 Å². The Morgan fingerprint density at radius 2 is 1.85 bits per heavy atom. The molecule has 1 aromatic rings. The summed E-state index contributed by atoms with van der Waals surface area (Å²) in [7, 11) is -0.830. The van der Waals surface area contributed by atoms with Gasteiger partial charge in [0.25, 0.3) is 0 Å². The molecule has 1 amide bonds. The van der Waals surface area contributed by atoms with Crippen LogP contribution in [0.1, 0.15) is 19.8 Å². The van der Waals surface area contributed by atoms with Gasteiger partial charge in [-0.3, -0.25) is 9.59 Å². The largest absolute Gasteiger partial charge is 0.493 e. The van der Waals surface area contributed by atoms with Crippen molar-refractivity contribution in [3.8, 4) is 11.5 Å². The number of sulfone groups is 1. The average molecular weight is 399 g/mol. The maximum Gasteiger partial charge on any atom is 0.308 e. The molecule has 1 aromatic carbocycles. The quantitative estimate of drug-likeness (QED) is 0.738. The highest BCUT2D eigenvalue weighted by atomic mass is 32.2. The first-order valence-corrected chi connectivity index (χ1v) is 10.3. The minimum absolute atomic E-state index is 0.0448. The number of carboxylic acid groups (broad SMARTS) is 1. The van der Waals surface area contributed by atoms with Gasteiger partial charge in [-0.05, 0) is 24.5 Å². The van der Waals surface area contributed by atoms with Gasteiger partial charge in [-0.2, -0.15) is 0 Å². The first kappa shape index (κ1) is 21.0. The number of hydrogen-bond donors (Lipinski definition) is 1. The molecule has 2 atom stereocenters. The first-order chi connectivity index (χ1) is 12.7. The van der Waals surface area contributed by atoms with Gasteiger partial charge < -0.3 is 19.5 Å². The predicted octanol–water partition coefficient (Wildman–Crippen LogP) is 1.44. The summed E-state index contributed by atoms with van der Waals surface area (Å²) in [6, 6.07) is 4.27. The van der Waals surface area contributed by atoms with Crippen molar-refractivity contribution in [1.82, 2.24) is 4.90 Å². The van der Waals surface area contributed by atoms with Gasteiger partial charge in [0.15, 0.2) is 21.3 Å². The molecule has 1 aliphatic rings. The topological polar surface area (TPSA) is 110 Å². The smallest absolute Gasteiger partial charge is 0.308 e. The van der Waals surface area contributed by atoms with Crippen molar-refractivity contribution in [3.05, 3.63) is 18.2 Å². The van der Waals surface area contributed by atoms with Crippen LogP contribution in [0.5, 0.6) is 11.5 Å². The summed E-state index contributed by atoms with van der Waals surface area (Å²) < 4.78 is 35.3. The second-order valence-electron chi connectivity index (χ2n) is 6.76. The van der Waals surface area contributed by atoms with Crippen LogP contribution in [0, 0.1) is 11.8 Å². The molecular weight excluding hydrogens is 374 g/mol. The lowest BCUT2D eigenvalue weighted by atomic mass is 9.90. The number of amides is 1. The van der Waals surface area contributed by atoms with E-state index in [2.05, 4.69) is 0 Å². The number of nitrogens with zero attached hydrogens (tertiary/aromatic N) is 1. The number of hydrogen-bond acceptors (Lipinski definition) is 6. The summed E-state index contributed by atoms with van der Waals surface area (Å²) in [5, 5.41) is 9.20. The molecule has 150 valence electrons. The molecule has 1 fully saturated rings. The molecule has 0 saturated carbocycles. The monoisotopic (exact) mass is 399 g/mol. The number of likely N-dealkylation sites (tertiary alicyclic amines) is 1. The Labute approximate surface area is 159 Å². The minimum Gasteiger partial charge on any atom is -0.493 e. The molecule has 0 bridgehead atoms. The second kappa shape index (κ2) is 8.60. The number of aliphatic carboxylic acids is 1. The summed E-state index contributed by atoms with van der Waals surface area (Å²) in [5.74, 6) is -1.49. The van der Waals surface area contributed by atoms with E-state index in [1.54, 1.807) is 0 Å². The van der Waals surface area contributed by atoms with Gasteiger partial charge in [-0.25, -0.2) is 8.42 Å². The van der Waals surface area contributed by atoms with E-state index in [0.29, 0.717) is 24.5 Å². The normalized spacial score (nSPS) is 20.2. The molecule has 1 N–H and O–H groups in total. The predicted molar refractivity (Wildman–Crippen MR) is 97.7 cm³/mol. The Bertz CT molecular complexity index is 806. The van der Waals surface area contributed by atoms with Crippen LogP contribution in [-0.4, -0.2) is 63.4 Å². The zero-order chi connectivity index (χ0) is 20.2. The average Bonchev–Trinajstić information content (AvgIpc) is 2.64. The van der Waals surface area contributed by atoms with Crippen molar-refractivity contribution in [1.29, 1.82) is 0 Å². The molecular formula is C18H25NO7S. The zero-order valence-electron chi connectivity index (χ0n) is 15.7. The summed E-state index contributed by atoms with van der Waals surface area (Å²) in [5.41, 5.74) is 0. The summed E-state index contributed by atoms with van der Waals surface area (Å²) in [4.78, 5) is 25.2. The molecule has 8 nitrogen and oxygen atoms in total. The van der Waals surface area contributed by atoms with Crippen LogP contribution in [-0.2, 0) is 19.4 Å². The Hall–Kier alpha value is -2.29. The molecule has 27 heavy (non-hydrogen) atoms. The fourth-order valence-corrected chi connectivity index (χ4v) is 4.48. The molecule has 1 heterocycles. The minimum atomic E-state index is -3.69. The van der Waals surface area contributed by atoms with Crippen LogP contribution >= 0.6 is 0 Å². The highest BCUT2D eigenvalue weighted by Crippen LogP contribution is 2.30. The van der Waals surface area contributed by atoms with E-state index in [0.717, 1.165) is 0 Å². The Morgan fingerprint density at radius 1 is 1.19 bits per heavy atom. The lowest BCUT2D eigenvalue weighted by Crippen LogP contribution is -2.45.